The maximum Gasteiger partial charge on any atom is 0.289 e. The van der Waals surface area contributed by atoms with Gasteiger partial charge < -0.3 is 0 Å². The number of rotatable bonds is 7. The highest BCUT2D eigenvalue weighted by Crippen LogP contribution is 2.22. The fourth-order valence-electron chi connectivity index (χ4n) is 2.24. The molecule has 1 heterocycles. The molecule has 0 aliphatic carbocycles. The largest absolute Gasteiger partial charge is 0.289 e. The minimum Gasteiger partial charge on any atom is -0.268 e. The number of nitro groups is 1. The second-order valence-corrected chi connectivity index (χ2v) is 7.30. The molecule has 24 heavy (non-hydrogen) atoms. The first-order chi connectivity index (χ1) is 11.2. The van der Waals surface area contributed by atoms with E-state index in [1.807, 2.05) is 6.92 Å². The molecule has 2 rings (SSSR count). The molecule has 0 amide bonds. The summed E-state index contributed by atoms with van der Waals surface area (Å²) in [5, 5.41) is 15.8. The summed E-state index contributed by atoms with van der Waals surface area (Å²) in [5.74, 6) is 0. The van der Waals surface area contributed by atoms with Crippen molar-refractivity contribution in [1.29, 1.82) is 0 Å². The second kappa shape index (κ2) is 7.29. The number of hydrogen-bond donors (Lipinski definition) is 1. The van der Waals surface area contributed by atoms with Crippen molar-refractivity contribution in [1.82, 2.24) is 14.5 Å². The number of hydrogen-bond acceptors (Lipinski definition) is 5. The molecule has 1 N–H and O–H groups in total. The molecule has 8 nitrogen and oxygen atoms in total. The molecule has 0 unspecified atom stereocenters. The maximum atomic E-state index is 12.2. The molecule has 0 aliphatic rings. The van der Waals surface area contributed by atoms with Crippen LogP contribution in [0.25, 0.3) is 0 Å². The van der Waals surface area contributed by atoms with Gasteiger partial charge in [-0.3, -0.25) is 14.8 Å². The normalized spacial score (nSPS) is 11.6. The van der Waals surface area contributed by atoms with Crippen LogP contribution in [0.15, 0.2) is 29.2 Å². The van der Waals surface area contributed by atoms with Gasteiger partial charge in [0, 0.05) is 19.2 Å². The van der Waals surface area contributed by atoms with E-state index >= 15 is 0 Å². The molecule has 2 aromatic rings. The summed E-state index contributed by atoms with van der Waals surface area (Å²) in [6.45, 7) is 4.24. The van der Waals surface area contributed by atoms with Crippen LogP contribution in [0.3, 0.4) is 0 Å². The number of halogens is 1. The van der Waals surface area contributed by atoms with Crippen molar-refractivity contribution in [3.63, 3.8) is 0 Å². The quantitative estimate of drug-likeness (QED) is 0.456. The van der Waals surface area contributed by atoms with Crippen LogP contribution in [0.2, 0.25) is 5.02 Å². The molecule has 0 aliphatic heterocycles. The zero-order valence-corrected chi connectivity index (χ0v) is 14.8. The lowest BCUT2D eigenvalue weighted by atomic mass is 10.3. The third kappa shape index (κ3) is 3.92. The van der Waals surface area contributed by atoms with Gasteiger partial charge in [-0.15, -0.1) is 0 Å². The van der Waals surface area contributed by atoms with Gasteiger partial charge in [0.15, 0.2) is 4.90 Å². The predicted octanol–water partition coefficient (Wildman–Crippen LogP) is 2.43. The Morgan fingerprint density at radius 3 is 2.58 bits per heavy atom. The maximum absolute atomic E-state index is 12.2. The Kier molecular flexibility index (Phi) is 5.58. The van der Waals surface area contributed by atoms with Crippen LogP contribution in [-0.2, 0) is 16.6 Å². The van der Waals surface area contributed by atoms with E-state index in [0.717, 1.165) is 17.5 Å². The zero-order chi connectivity index (χ0) is 17.9. The van der Waals surface area contributed by atoms with Gasteiger partial charge in [0.2, 0.25) is 10.0 Å². The van der Waals surface area contributed by atoms with E-state index in [1.54, 1.807) is 11.6 Å². The van der Waals surface area contributed by atoms with Gasteiger partial charge >= 0.3 is 0 Å². The smallest absolute Gasteiger partial charge is 0.268 e. The van der Waals surface area contributed by atoms with Crippen molar-refractivity contribution in [2.24, 2.45) is 0 Å². The zero-order valence-electron chi connectivity index (χ0n) is 13.2. The molecule has 0 atom stereocenters. The predicted molar refractivity (Wildman–Crippen MR) is 89.6 cm³/mol. The van der Waals surface area contributed by atoms with Gasteiger partial charge in [-0.2, -0.15) is 5.10 Å². The number of benzene rings is 1. The lowest BCUT2D eigenvalue weighted by molar-refractivity contribution is -0.387. The molecule has 0 radical (unpaired) electrons. The first-order valence-corrected chi connectivity index (χ1v) is 9.02. The van der Waals surface area contributed by atoms with Crippen LogP contribution < -0.4 is 4.72 Å². The van der Waals surface area contributed by atoms with E-state index in [2.05, 4.69) is 9.82 Å². The molecular formula is C14H17ClN4O4S. The average Bonchev–Trinajstić information content (AvgIpc) is 2.78. The van der Waals surface area contributed by atoms with Gasteiger partial charge in [0.1, 0.15) is 0 Å². The van der Waals surface area contributed by atoms with Crippen molar-refractivity contribution in [2.75, 3.05) is 6.54 Å². The molecule has 0 bridgehead atoms. The lowest BCUT2D eigenvalue weighted by Gasteiger charge is -2.08. The molecular weight excluding hydrogens is 356 g/mol. The Morgan fingerprint density at radius 1 is 1.33 bits per heavy atom. The monoisotopic (exact) mass is 372 g/mol. The van der Waals surface area contributed by atoms with E-state index < -0.39 is 20.6 Å². The lowest BCUT2D eigenvalue weighted by Crippen LogP contribution is -2.26. The van der Waals surface area contributed by atoms with Gasteiger partial charge in [-0.25, -0.2) is 13.1 Å². The summed E-state index contributed by atoms with van der Waals surface area (Å²) in [5.41, 5.74) is 1.08. The number of para-hydroxylation sites is 1. The minimum absolute atomic E-state index is 0.129. The fourth-order valence-corrected chi connectivity index (χ4v) is 3.62. The Labute approximate surface area is 144 Å². The number of aryl methyl sites for hydroxylation is 2. The van der Waals surface area contributed by atoms with E-state index in [4.69, 9.17) is 11.6 Å². The van der Waals surface area contributed by atoms with Gasteiger partial charge in [-0.1, -0.05) is 23.7 Å². The number of aromatic nitrogens is 2. The molecule has 1 aromatic heterocycles. The molecule has 0 fully saturated rings. The van der Waals surface area contributed by atoms with Crippen LogP contribution in [0.4, 0.5) is 5.69 Å². The summed E-state index contributed by atoms with van der Waals surface area (Å²) in [6, 6.07) is 5.23. The average molecular weight is 373 g/mol. The molecule has 0 saturated carbocycles. The van der Waals surface area contributed by atoms with Crippen LogP contribution >= 0.6 is 11.6 Å². The third-order valence-corrected chi connectivity index (χ3v) is 5.54. The Hall–Kier alpha value is -1.97. The van der Waals surface area contributed by atoms with Crippen molar-refractivity contribution in [2.45, 2.75) is 31.7 Å². The topological polar surface area (TPSA) is 107 Å². The fraction of sp³-hybridized carbons (Fsp3) is 0.357. The number of nitrogens with one attached hydrogen (secondary N) is 1. The van der Waals surface area contributed by atoms with Crippen molar-refractivity contribution >= 4 is 27.3 Å². The van der Waals surface area contributed by atoms with E-state index in [9.17, 15) is 18.5 Å². The summed E-state index contributed by atoms with van der Waals surface area (Å²) in [4.78, 5) is 9.89. The number of nitrogens with zero attached hydrogens (tertiary/aromatic N) is 3. The summed E-state index contributed by atoms with van der Waals surface area (Å²) < 4.78 is 28.6. The van der Waals surface area contributed by atoms with Crippen LogP contribution in [0.1, 0.15) is 17.8 Å². The molecule has 0 saturated heterocycles. The van der Waals surface area contributed by atoms with E-state index in [1.165, 1.54) is 18.2 Å². The summed E-state index contributed by atoms with van der Waals surface area (Å²) >= 11 is 6.05. The van der Waals surface area contributed by atoms with Crippen molar-refractivity contribution in [3.8, 4) is 0 Å². The highest BCUT2D eigenvalue weighted by Gasteiger charge is 2.24. The third-order valence-electron chi connectivity index (χ3n) is 3.48. The first-order valence-electron chi connectivity index (χ1n) is 7.16. The minimum atomic E-state index is -3.95. The first kappa shape index (κ1) is 18.4. The molecule has 1 aromatic carbocycles. The second-order valence-electron chi connectivity index (χ2n) is 5.18. The van der Waals surface area contributed by atoms with Crippen molar-refractivity contribution < 1.29 is 13.3 Å². The van der Waals surface area contributed by atoms with Crippen molar-refractivity contribution in [3.05, 3.63) is 50.8 Å². The van der Waals surface area contributed by atoms with Gasteiger partial charge in [0.25, 0.3) is 5.69 Å². The van der Waals surface area contributed by atoms with Crippen LogP contribution in [-0.4, -0.2) is 29.7 Å². The molecule has 10 heteroatoms. The highest BCUT2D eigenvalue weighted by molar-refractivity contribution is 7.89. The van der Waals surface area contributed by atoms with Gasteiger partial charge in [-0.05, 0) is 26.3 Å². The van der Waals surface area contributed by atoms with Gasteiger partial charge in [0.05, 0.1) is 21.3 Å². The Balaban J connectivity index is 2.01. The Bertz CT molecular complexity index is 864. The highest BCUT2D eigenvalue weighted by atomic mass is 35.5. The molecule has 130 valence electrons. The SMILES string of the molecule is Cc1nn(CCCNS(=O)(=O)c2ccccc2[N+](=O)[O-])c(C)c1Cl. The standard InChI is InChI=1S/C14H17ClN4O4S/c1-10-14(15)11(2)18(17-10)9-5-8-16-24(22,23)13-7-4-3-6-12(13)19(20)21/h3-4,6-7,16H,5,8-9H2,1-2H3. The Morgan fingerprint density at radius 2 is 2.00 bits per heavy atom. The number of sulfonamides is 1. The van der Waals surface area contributed by atoms with E-state index in [0.29, 0.717) is 18.0 Å². The number of nitro benzene ring substituents is 1. The summed E-state index contributed by atoms with van der Waals surface area (Å²) in [7, 11) is -3.95. The summed E-state index contributed by atoms with van der Waals surface area (Å²) in [6.07, 6.45) is 0.470. The van der Waals surface area contributed by atoms with E-state index in [-0.39, 0.29) is 11.4 Å². The van der Waals surface area contributed by atoms with Crippen LogP contribution in [0, 0.1) is 24.0 Å². The molecule has 0 spiro atoms. The van der Waals surface area contributed by atoms with Crippen LogP contribution in [0.5, 0.6) is 0 Å².